The van der Waals surface area contributed by atoms with Gasteiger partial charge in [0.2, 0.25) is 0 Å². The van der Waals surface area contributed by atoms with Crippen molar-refractivity contribution >= 4 is 32.8 Å². The van der Waals surface area contributed by atoms with Gasteiger partial charge in [-0.2, -0.15) is 0 Å². The second-order valence-electron chi connectivity index (χ2n) is 6.32. The van der Waals surface area contributed by atoms with Crippen molar-refractivity contribution in [1.82, 2.24) is 9.38 Å². The first-order chi connectivity index (χ1) is 13.0. The van der Waals surface area contributed by atoms with E-state index in [1.165, 1.54) is 11.3 Å². The van der Waals surface area contributed by atoms with Gasteiger partial charge in [0.25, 0.3) is 10.0 Å². The lowest BCUT2D eigenvalue weighted by Gasteiger charge is -2.10. The van der Waals surface area contributed by atoms with Crippen molar-refractivity contribution in [2.45, 2.75) is 25.2 Å². The summed E-state index contributed by atoms with van der Waals surface area (Å²) in [6.07, 6.45) is 2.70. The van der Waals surface area contributed by atoms with Gasteiger partial charge in [0.1, 0.15) is 11.3 Å². The summed E-state index contributed by atoms with van der Waals surface area (Å²) in [4.78, 5) is 5.82. The smallest absolute Gasteiger partial charge is 0.263 e. The Labute approximate surface area is 162 Å². The molecule has 0 atom stereocenters. The Kier molecular flexibility index (Phi) is 4.49. The number of hydrogen-bond acceptors (Lipinski definition) is 4. The van der Waals surface area contributed by atoms with E-state index in [4.69, 9.17) is 0 Å². The molecule has 0 unspecified atom stereocenters. The molecule has 4 rings (SSSR count). The number of sulfonamides is 1. The van der Waals surface area contributed by atoms with Crippen LogP contribution >= 0.6 is 11.3 Å². The first-order valence-electron chi connectivity index (χ1n) is 8.62. The van der Waals surface area contributed by atoms with Crippen LogP contribution < -0.4 is 4.72 Å². The minimum absolute atomic E-state index is 0.235. The predicted molar refractivity (Wildman–Crippen MR) is 110 cm³/mol. The molecule has 0 fully saturated rings. The zero-order valence-electron chi connectivity index (χ0n) is 15.0. The number of imidazole rings is 1. The molecule has 0 aliphatic heterocycles. The molecule has 3 aromatic heterocycles. The molecule has 1 N–H and O–H groups in total. The molecule has 0 saturated heterocycles. The zero-order chi connectivity index (χ0) is 19.0. The highest BCUT2D eigenvalue weighted by atomic mass is 32.2. The Balaban J connectivity index is 1.83. The number of thiophene rings is 1. The number of fused-ring (bicyclic) bond motifs is 1. The number of aromatic nitrogens is 2. The Morgan fingerprint density at radius 3 is 2.59 bits per heavy atom. The third-order valence-electron chi connectivity index (χ3n) is 4.41. The highest BCUT2D eigenvalue weighted by molar-refractivity contribution is 7.92. The van der Waals surface area contributed by atoms with Gasteiger partial charge in [-0.25, -0.2) is 13.4 Å². The molecule has 0 spiro atoms. The Morgan fingerprint density at radius 2 is 1.93 bits per heavy atom. The maximum absolute atomic E-state index is 13.0. The number of nitrogens with one attached hydrogen (secondary N) is 1. The maximum atomic E-state index is 13.0. The molecule has 0 aliphatic carbocycles. The van der Waals surface area contributed by atoms with Gasteiger partial charge in [0.05, 0.1) is 9.77 Å². The average Bonchev–Trinajstić information content (AvgIpc) is 3.29. The standard InChI is InChI=1S/C20H19N3O2S2/c1-3-15-6-8-16(9-7-15)27(24,25)22-20-19(17-5-4-12-26-17)21-18-13-14(2)10-11-23(18)20/h4-13,22H,3H2,1-2H3. The van der Waals surface area contributed by atoms with Crippen molar-refractivity contribution in [3.8, 4) is 10.6 Å². The molecule has 4 aromatic rings. The van der Waals surface area contributed by atoms with Crippen molar-refractivity contribution in [3.63, 3.8) is 0 Å². The summed E-state index contributed by atoms with van der Waals surface area (Å²) in [5.74, 6) is 0.451. The minimum Gasteiger partial charge on any atom is -0.285 e. The van der Waals surface area contributed by atoms with Gasteiger partial charge < -0.3 is 0 Å². The van der Waals surface area contributed by atoms with E-state index in [0.29, 0.717) is 17.2 Å². The Hall–Kier alpha value is -2.64. The Morgan fingerprint density at radius 1 is 1.15 bits per heavy atom. The average molecular weight is 398 g/mol. The predicted octanol–water partition coefficient (Wildman–Crippen LogP) is 4.73. The highest BCUT2D eigenvalue weighted by Gasteiger charge is 2.21. The van der Waals surface area contributed by atoms with Crippen LogP contribution in [0.4, 0.5) is 5.82 Å². The lowest BCUT2D eigenvalue weighted by molar-refractivity contribution is 0.601. The summed E-state index contributed by atoms with van der Waals surface area (Å²) < 4.78 is 30.5. The van der Waals surface area contributed by atoms with E-state index < -0.39 is 10.0 Å². The topological polar surface area (TPSA) is 63.5 Å². The lowest BCUT2D eigenvalue weighted by Crippen LogP contribution is -2.15. The third-order valence-corrected chi connectivity index (χ3v) is 6.64. The highest BCUT2D eigenvalue weighted by Crippen LogP contribution is 2.33. The van der Waals surface area contributed by atoms with E-state index in [2.05, 4.69) is 9.71 Å². The molecule has 0 bridgehead atoms. The van der Waals surface area contributed by atoms with Crippen molar-refractivity contribution in [3.05, 3.63) is 71.2 Å². The fourth-order valence-electron chi connectivity index (χ4n) is 2.92. The molecule has 5 nitrogen and oxygen atoms in total. The van der Waals surface area contributed by atoms with Gasteiger partial charge in [0.15, 0.2) is 5.82 Å². The molecule has 7 heteroatoms. The number of nitrogens with zero attached hydrogens (tertiary/aromatic N) is 2. The molecule has 27 heavy (non-hydrogen) atoms. The third kappa shape index (κ3) is 3.36. The van der Waals surface area contributed by atoms with E-state index in [1.54, 1.807) is 16.5 Å². The normalized spacial score (nSPS) is 11.8. The van der Waals surface area contributed by atoms with Crippen LogP contribution in [0, 0.1) is 6.92 Å². The summed E-state index contributed by atoms with van der Waals surface area (Å²) in [5.41, 5.74) is 3.50. The van der Waals surface area contributed by atoms with Gasteiger partial charge in [-0.1, -0.05) is 25.1 Å². The fraction of sp³-hybridized carbons (Fsp3) is 0.150. The summed E-state index contributed by atoms with van der Waals surface area (Å²) in [5, 5.41) is 1.95. The number of aryl methyl sites for hydroxylation is 2. The van der Waals surface area contributed by atoms with Crippen molar-refractivity contribution in [1.29, 1.82) is 0 Å². The van der Waals surface area contributed by atoms with E-state index in [1.807, 2.05) is 61.8 Å². The molecule has 0 amide bonds. The first kappa shape index (κ1) is 17.8. The number of hydrogen-bond donors (Lipinski definition) is 1. The largest absolute Gasteiger partial charge is 0.285 e. The van der Waals surface area contributed by atoms with Gasteiger partial charge in [-0.3, -0.25) is 9.12 Å². The van der Waals surface area contributed by atoms with E-state index in [9.17, 15) is 8.42 Å². The second-order valence-corrected chi connectivity index (χ2v) is 8.95. The van der Waals surface area contributed by atoms with Crippen LogP contribution in [0.3, 0.4) is 0 Å². The molecule has 138 valence electrons. The van der Waals surface area contributed by atoms with Gasteiger partial charge in [0, 0.05) is 6.20 Å². The second kappa shape index (κ2) is 6.83. The van der Waals surface area contributed by atoms with Crippen LogP contribution in [-0.2, 0) is 16.4 Å². The number of rotatable bonds is 5. The van der Waals surface area contributed by atoms with Gasteiger partial charge in [-0.05, 0) is 60.2 Å². The maximum Gasteiger partial charge on any atom is 0.263 e. The van der Waals surface area contributed by atoms with Gasteiger partial charge >= 0.3 is 0 Å². The molecule has 0 saturated carbocycles. The van der Waals surface area contributed by atoms with E-state index >= 15 is 0 Å². The molecular weight excluding hydrogens is 378 g/mol. The SMILES string of the molecule is CCc1ccc(S(=O)(=O)Nc2c(-c3cccs3)nc3cc(C)ccn23)cc1. The van der Waals surface area contributed by atoms with Crippen molar-refractivity contribution < 1.29 is 8.42 Å². The molecular formula is C20H19N3O2S2. The van der Waals surface area contributed by atoms with Crippen LogP contribution in [0.5, 0.6) is 0 Å². The first-order valence-corrected chi connectivity index (χ1v) is 11.0. The van der Waals surface area contributed by atoms with Crippen molar-refractivity contribution in [2.24, 2.45) is 0 Å². The fourth-order valence-corrected chi connectivity index (χ4v) is 4.70. The van der Waals surface area contributed by atoms with Crippen LogP contribution in [0.15, 0.2) is 65.0 Å². The minimum atomic E-state index is -3.73. The molecule has 1 aromatic carbocycles. The number of benzene rings is 1. The summed E-state index contributed by atoms with van der Waals surface area (Å²) in [6, 6.07) is 14.7. The molecule has 0 aliphatic rings. The Bertz CT molecular complexity index is 1190. The zero-order valence-corrected chi connectivity index (χ0v) is 16.6. The quantitative estimate of drug-likeness (QED) is 0.529. The van der Waals surface area contributed by atoms with Crippen LogP contribution in [-0.4, -0.2) is 17.8 Å². The summed E-state index contributed by atoms with van der Waals surface area (Å²) >= 11 is 1.53. The number of anilines is 1. The van der Waals surface area contributed by atoms with Crippen LogP contribution in [0.1, 0.15) is 18.1 Å². The molecule has 0 radical (unpaired) electrons. The van der Waals surface area contributed by atoms with Crippen LogP contribution in [0.25, 0.3) is 16.2 Å². The summed E-state index contributed by atoms with van der Waals surface area (Å²) in [7, 11) is -3.73. The van der Waals surface area contributed by atoms with E-state index in [0.717, 1.165) is 22.4 Å². The monoisotopic (exact) mass is 397 g/mol. The molecule has 3 heterocycles. The van der Waals surface area contributed by atoms with Crippen LogP contribution in [0.2, 0.25) is 0 Å². The van der Waals surface area contributed by atoms with Gasteiger partial charge in [-0.15, -0.1) is 11.3 Å². The lowest BCUT2D eigenvalue weighted by atomic mass is 10.2. The summed E-state index contributed by atoms with van der Waals surface area (Å²) in [6.45, 7) is 4.02. The van der Waals surface area contributed by atoms with E-state index in [-0.39, 0.29) is 4.90 Å². The van der Waals surface area contributed by atoms with Crippen molar-refractivity contribution in [2.75, 3.05) is 4.72 Å². The number of pyridine rings is 1.